The molecule has 0 radical (unpaired) electrons. The highest BCUT2D eigenvalue weighted by molar-refractivity contribution is 5.78. The van der Waals surface area contributed by atoms with E-state index < -0.39 is 0 Å². The minimum atomic E-state index is 0.652. The van der Waals surface area contributed by atoms with Gasteiger partial charge in [-0.05, 0) is 49.7 Å². The number of hydrogen-bond acceptors (Lipinski definition) is 3. The van der Waals surface area contributed by atoms with E-state index in [1.54, 1.807) is 0 Å². The second-order valence-corrected chi connectivity index (χ2v) is 6.06. The van der Waals surface area contributed by atoms with E-state index in [0.29, 0.717) is 6.04 Å². The van der Waals surface area contributed by atoms with Crippen molar-refractivity contribution in [3.05, 3.63) is 42.1 Å². The fourth-order valence-electron chi connectivity index (χ4n) is 3.24. The van der Waals surface area contributed by atoms with Crippen LogP contribution in [0.3, 0.4) is 0 Å². The molecule has 2 aromatic rings. The van der Waals surface area contributed by atoms with Crippen molar-refractivity contribution in [2.75, 3.05) is 19.6 Å². The van der Waals surface area contributed by atoms with Gasteiger partial charge in [0.15, 0.2) is 0 Å². The first kappa shape index (κ1) is 14.5. The standard InChI is InChI=1S/C18H25N3/c1-2-5-17-14-21(11-4-10-19-17)13-15-7-8-18-16(12-15)6-3-9-20-18/h3,6-9,12,17,19H,2,4-5,10-11,13-14H2,1H3. The van der Waals surface area contributed by atoms with Crippen molar-refractivity contribution in [1.82, 2.24) is 15.2 Å². The minimum Gasteiger partial charge on any atom is -0.313 e. The summed E-state index contributed by atoms with van der Waals surface area (Å²) in [5.41, 5.74) is 2.48. The van der Waals surface area contributed by atoms with Gasteiger partial charge in [-0.15, -0.1) is 0 Å². The molecule has 21 heavy (non-hydrogen) atoms. The van der Waals surface area contributed by atoms with Gasteiger partial charge in [-0.25, -0.2) is 0 Å². The van der Waals surface area contributed by atoms with Crippen LogP contribution >= 0.6 is 0 Å². The summed E-state index contributed by atoms with van der Waals surface area (Å²) in [7, 11) is 0. The molecule has 1 N–H and O–H groups in total. The average Bonchev–Trinajstić information content (AvgIpc) is 2.73. The van der Waals surface area contributed by atoms with Crippen molar-refractivity contribution in [3.63, 3.8) is 0 Å². The lowest BCUT2D eigenvalue weighted by molar-refractivity contribution is 0.255. The Morgan fingerprint density at radius 2 is 2.29 bits per heavy atom. The summed E-state index contributed by atoms with van der Waals surface area (Å²) < 4.78 is 0. The first-order valence-corrected chi connectivity index (χ1v) is 8.14. The molecule has 1 aromatic carbocycles. The van der Waals surface area contributed by atoms with Crippen molar-refractivity contribution in [2.45, 2.75) is 38.8 Å². The normalized spacial score (nSPS) is 20.5. The van der Waals surface area contributed by atoms with E-state index in [0.717, 1.165) is 18.6 Å². The predicted octanol–water partition coefficient (Wildman–Crippen LogP) is 3.20. The first-order chi connectivity index (χ1) is 10.3. The highest BCUT2D eigenvalue weighted by Crippen LogP contribution is 2.16. The van der Waals surface area contributed by atoms with E-state index in [-0.39, 0.29) is 0 Å². The summed E-state index contributed by atoms with van der Waals surface area (Å²) in [5, 5.41) is 4.92. The Balaban J connectivity index is 1.71. The van der Waals surface area contributed by atoms with Crippen LogP contribution in [0.4, 0.5) is 0 Å². The minimum absolute atomic E-state index is 0.652. The summed E-state index contributed by atoms with van der Waals surface area (Å²) >= 11 is 0. The van der Waals surface area contributed by atoms with Crippen molar-refractivity contribution < 1.29 is 0 Å². The Morgan fingerprint density at radius 3 is 3.19 bits per heavy atom. The number of nitrogens with zero attached hydrogens (tertiary/aromatic N) is 2. The topological polar surface area (TPSA) is 28.2 Å². The third-order valence-electron chi connectivity index (χ3n) is 4.27. The van der Waals surface area contributed by atoms with E-state index in [9.17, 15) is 0 Å². The second kappa shape index (κ2) is 7.01. The maximum Gasteiger partial charge on any atom is 0.0702 e. The molecule has 2 heterocycles. The first-order valence-electron chi connectivity index (χ1n) is 8.14. The molecule has 1 aromatic heterocycles. The Kier molecular flexibility index (Phi) is 4.84. The van der Waals surface area contributed by atoms with Gasteiger partial charge in [-0.1, -0.05) is 25.5 Å². The smallest absolute Gasteiger partial charge is 0.0702 e. The van der Waals surface area contributed by atoms with Crippen LogP contribution < -0.4 is 5.32 Å². The lowest BCUT2D eigenvalue weighted by Crippen LogP contribution is -2.37. The molecular formula is C18H25N3. The summed E-state index contributed by atoms with van der Waals surface area (Å²) in [4.78, 5) is 6.99. The molecule has 1 saturated heterocycles. The van der Waals surface area contributed by atoms with Gasteiger partial charge in [-0.2, -0.15) is 0 Å². The molecule has 1 fully saturated rings. The lowest BCUT2D eigenvalue weighted by atomic mass is 10.1. The van der Waals surface area contributed by atoms with Crippen LogP contribution in [0, 0.1) is 0 Å². The Hall–Kier alpha value is -1.45. The molecular weight excluding hydrogens is 258 g/mol. The van der Waals surface area contributed by atoms with Crippen LogP contribution in [0.1, 0.15) is 31.7 Å². The van der Waals surface area contributed by atoms with E-state index in [1.807, 2.05) is 12.3 Å². The fraction of sp³-hybridized carbons (Fsp3) is 0.500. The highest BCUT2D eigenvalue weighted by Gasteiger charge is 2.17. The monoisotopic (exact) mass is 283 g/mol. The van der Waals surface area contributed by atoms with E-state index in [4.69, 9.17) is 0 Å². The SMILES string of the molecule is CCCC1CN(Cc2ccc3ncccc3c2)CCCN1. The van der Waals surface area contributed by atoms with Crippen LogP contribution in [0.25, 0.3) is 10.9 Å². The Morgan fingerprint density at radius 1 is 1.33 bits per heavy atom. The van der Waals surface area contributed by atoms with Crippen molar-refractivity contribution in [2.24, 2.45) is 0 Å². The third kappa shape index (κ3) is 3.80. The van der Waals surface area contributed by atoms with Gasteiger partial charge in [-0.3, -0.25) is 9.88 Å². The number of rotatable bonds is 4. The van der Waals surface area contributed by atoms with Crippen LogP contribution in [0.5, 0.6) is 0 Å². The quantitative estimate of drug-likeness (QED) is 0.934. The largest absolute Gasteiger partial charge is 0.313 e. The van der Waals surface area contributed by atoms with Gasteiger partial charge in [0.1, 0.15) is 0 Å². The number of aromatic nitrogens is 1. The summed E-state index contributed by atoms with van der Waals surface area (Å²) in [6.45, 7) is 6.83. The van der Waals surface area contributed by atoms with Gasteiger partial charge < -0.3 is 5.32 Å². The molecule has 0 bridgehead atoms. The Bertz CT molecular complexity index is 581. The summed E-state index contributed by atoms with van der Waals surface area (Å²) in [5.74, 6) is 0. The molecule has 1 aliphatic heterocycles. The number of hydrogen-bond donors (Lipinski definition) is 1. The molecule has 3 heteroatoms. The molecule has 1 atom stereocenters. The summed E-state index contributed by atoms with van der Waals surface area (Å²) in [6.07, 6.45) is 5.64. The molecule has 112 valence electrons. The maximum atomic E-state index is 4.40. The zero-order valence-corrected chi connectivity index (χ0v) is 12.9. The van der Waals surface area contributed by atoms with Gasteiger partial charge in [0.2, 0.25) is 0 Å². The Labute approximate surface area is 127 Å². The van der Waals surface area contributed by atoms with Gasteiger partial charge >= 0.3 is 0 Å². The number of nitrogens with one attached hydrogen (secondary N) is 1. The molecule has 0 spiro atoms. The van der Waals surface area contributed by atoms with Crippen LogP contribution in [-0.2, 0) is 6.54 Å². The molecule has 0 aliphatic carbocycles. The van der Waals surface area contributed by atoms with Gasteiger partial charge in [0, 0.05) is 30.7 Å². The van der Waals surface area contributed by atoms with E-state index in [2.05, 4.69) is 46.4 Å². The molecule has 1 aliphatic rings. The van der Waals surface area contributed by atoms with Crippen LogP contribution in [0.15, 0.2) is 36.5 Å². The zero-order chi connectivity index (χ0) is 14.5. The van der Waals surface area contributed by atoms with Gasteiger partial charge in [0.05, 0.1) is 5.52 Å². The average molecular weight is 283 g/mol. The lowest BCUT2D eigenvalue weighted by Gasteiger charge is -2.24. The molecule has 0 amide bonds. The summed E-state index contributed by atoms with van der Waals surface area (Å²) in [6, 6.07) is 11.5. The van der Waals surface area contributed by atoms with E-state index >= 15 is 0 Å². The number of fused-ring (bicyclic) bond motifs is 1. The maximum absolute atomic E-state index is 4.40. The highest BCUT2D eigenvalue weighted by atomic mass is 15.2. The number of benzene rings is 1. The molecule has 0 saturated carbocycles. The third-order valence-corrected chi connectivity index (χ3v) is 4.27. The van der Waals surface area contributed by atoms with Crippen LogP contribution in [0.2, 0.25) is 0 Å². The fourth-order valence-corrected chi connectivity index (χ4v) is 3.24. The molecule has 3 rings (SSSR count). The van der Waals surface area contributed by atoms with Crippen molar-refractivity contribution >= 4 is 10.9 Å². The predicted molar refractivity (Wildman–Crippen MR) is 88.3 cm³/mol. The molecule has 1 unspecified atom stereocenters. The van der Waals surface area contributed by atoms with Crippen LogP contribution in [-0.4, -0.2) is 35.6 Å². The van der Waals surface area contributed by atoms with Crippen molar-refractivity contribution in [3.8, 4) is 0 Å². The van der Waals surface area contributed by atoms with Gasteiger partial charge in [0.25, 0.3) is 0 Å². The molecule has 3 nitrogen and oxygen atoms in total. The second-order valence-electron chi connectivity index (χ2n) is 6.06. The van der Waals surface area contributed by atoms with E-state index in [1.165, 1.54) is 43.3 Å². The zero-order valence-electron chi connectivity index (χ0n) is 12.9. The van der Waals surface area contributed by atoms with Crippen molar-refractivity contribution in [1.29, 1.82) is 0 Å². The number of pyridine rings is 1.